The molecule has 1 atom stereocenters. The molecule has 2 fully saturated rings. The molecule has 1 amide bonds. The van der Waals surface area contributed by atoms with Crippen LogP contribution in [0.3, 0.4) is 0 Å². The van der Waals surface area contributed by atoms with E-state index < -0.39 is 5.60 Å². The summed E-state index contributed by atoms with van der Waals surface area (Å²) in [6.45, 7) is 4.05. The van der Waals surface area contributed by atoms with Crippen LogP contribution in [0.15, 0.2) is 24.3 Å². The van der Waals surface area contributed by atoms with Crippen molar-refractivity contribution in [2.24, 2.45) is 0 Å². The van der Waals surface area contributed by atoms with Crippen LogP contribution in [0.5, 0.6) is 11.5 Å². The van der Waals surface area contributed by atoms with E-state index in [-0.39, 0.29) is 12.0 Å². The van der Waals surface area contributed by atoms with Gasteiger partial charge in [0.2, 0.25) is 0 Å². The molecule has 5 heteroatoms. The van der Waals surface area contributed by atoms with Crippen LogP contribution in [-0.2, 0) is 9.53 Å². The lowest BCUT2D eigenvalue weighted by Crippen LogP contribution is -2.50. The van der Waals surface area contributed by atoms with E-state index in [4.69, 9.17) is 14.2 Å². The highest BCUT2D eigenvalue weighted by atomic mass is 16.5. The van der Waals surface area contributed by atoms with Crippen LogP contribution in [0.1, 0.15) is 32.6 Å². The average Bonchev–Trinajstić information content (AvgIpc) is 3.03. The zero-order chi connectivity index (χ0) is 16.3. The number of hydrogen-bond donors (Lipinski definition) is 0. The zero-order valence-electron chi connectivity index (χ0n) is 13.9. The molecular formula is C18H25NO4. The van der Waals surface area contributed by atoms with Crippen molar-refractivity contribution in [1.29, 1.82) is 0 Å². The summed E-state index contributed by atoms with van der Waals surface area (Å²) in [4.78, 5) is 14.6. The largest absolute Gasteiger partial charge is 0.493 e. The molecule has 3 rings (SSSR count). The number of rotatable bonds is 4. The molecule has 0 aromatic heterocycles. The Morgan fingerprint density at radius 3 is 2.57 bits per heavy atom. The van der Waals surface area contributed by atoms with E-state index in [1.807, 2.05) is 36.1 Å². The SMILES string of the molecule is COc1ccccc1OC1CCN(C(=O)C2(C)CCCO2)CC1. The summed E-state index contributed by atoms with van der Waals surface area (Å²) >= 11 is 0. The maximum absolute atomic E-state index is 12.6. The van der Waals surface area contributed by atoms with Crippen molar-refractivity contribution in [1.82, 2.24) is 4.90 Å². The van der Waals surface area contributed by atoms with Gasteiger partial charge in [-0.05, 0) is 31.9 Å². The summed E-state index contributed by atoms with van der Waals surface area (Å²) in [7, 11) is 1.64. The Bertz CT molecular complexity index is 546. The summed E-state index contributed by atoms with van der Waals surface area (Å²) in [5.74, 6) is 1.65. The fraction of sp³-hybridized carbons (Fsp3) is 0.611. The lowest BCUT2D eigenvalue weighted by molar-refractivity contribution is -0.152. The lowest BCUT2D eigenvalue weighted by atomic mass is 9.98. The number of piperidine rings is 1. The van der Waals surface area contributed by atoms with E-state index in [1.54, 1.807) is 7.11 Å². The smallest absolute Gasteiger partial charge is 0.254 e. The van der Waals surface area contributed by atoms with Gasteiger partial charge in [-0.1, -0.05) is 12.1 Å². The minimum Gasteiger partial charge on any atom is -0.493 e. The van der Waals surface area contributed by atoms with Crippen molar-refractivity contribution < 1.29 is 19.0 Å². The van der Waals surface area contributed by atoms with Gasteiger partial charge in [0.05, 0.1) is 7.11 Å². The summed E-state index contributed by atoms with van der Waals surface area (Å²) in [5.41, 5.74) is -0.615. The number of benzene rings is 1. The number of hydrogen-bond acceptors (Lipinski definition) is 4. The minimum atomic E-state index is -0.615. The van der Waals surface area contributed by atoms with Gasteiger partial charge < -0.3 is 19.1 Å². The van der Waals surface area contributed by atoms with Crippen molar-refractivity contribution in [3.05, 3.63) is 24.3 Å². The first-order valence-corrected chi connectivity index (χ1v) is 8.35. The number of ether oxygens (including phenoxy) is 3. The highest BCUT2D eigenvalue weighted by Gasteiger charge is 2.41. The Balaban J connectivity index is 1.55. The van der Waals surface area contributed by atoms with E-state index in [9.17, 15) is 4.79 Å². The molecule has 126 valence electrons. The van der Waals surface area contributed by atoms with Crippen LogP contribution in [-0.4, -0.2) is 49.3 Å². The number of likely N-dealkylation sites (tertiary alicyclic amines) is 1. The van der Waals surface area contributed by atoms with E-state index in [2.05, 4.69) is 0 Å². The Kier molecular flexibility index (Phi) is 4.76. The van der Waals surface area contributed by atoms with Gasteiger partial charge in [0.15, 0.2) is 11.5 Å². The Morgan fingerprint density at radius 2 is 1.96 bits per heavy atom. The molecule has 2 aliphatic heterocycles. The molecule has 0 N–H and O–H groups in total. The third-order valence-electron chi connectivity index (χ3n) is 4.76. The Hall–Kier alpha value is -1.75. The number of nitrogens with zero attached hydrogens (tertiary/aromatic N) is 1. The third-order valence-corrected chi connectivity index (χ3v) is 4.76. The molecule has 0 saturated carbocycles. The van der Waals surface area contributed by atoms with Crippen molar-refractivity contribution in [3.63, 3.8) is 0 Å². The highest BCUT2D eigenvalue weighted by Crippen LogP contribution is 2.31. The molecule has 0 aliphatic carbocycles. The first kappa shape index (κ1) is 16.1. The van der Waals surface area contributed by atoms with Crippen molar-refractivity contribution in [2.45, 2.75) is 44.3 Å². The lowest BCUT2D eigenvalue weighted by Gasteiger charge is -2.36. The first-order valence-electron chi connectivity index (χ1n) is 8.35. The van der Waals surface area contributed by atoms with Gasteiger partial charge in [-0.15, -0.1) is 0 Å². The predicted octanol–water partition coefficient (Wildman–Crippen LogP) is 2.63. The van der Waals surface area contributed by atoms with E-state index in [1.165, 1.54) is 0 Å². The second-order valence-corrected chi connectivity index (χ2v) is 6.44. The molecule has 5 nitrogen and oxygen atoms in total. The molecule has 1 aromatic rings. The average molecular weight is 319 g/mol. The normalized spacial score (nSPS) is 25.4. The van der Waals surface area contributed by atoms with Crippen molar-refractivity contribution >= 4 is 5.91 Å². The second kappa shape index (κ2) is 6.79. The van der Waals surface area contributed by atoms with Crippen molar-refractivity contribution in [3.8, 4) is 11.5 Å². The standard InChI is InChI=1S/C18H25NO4/c1-18(10-5-13-22-18)17(20)19-11-8-14(9-12-19)23-16-7-4-3-6-15(16)21-2/h3-4,6-7,14H,5,8-13H2,1-2H3. The fourth-order valence-electron chi connectivity index (χ4n) is 3.35. The van der Waals surface area contributed by atoms with Crippen LogP contribution in [0.4, 0.5) is 0 Å². The topological polar surface area (TPSA) is 48.0 Å². The van der Waals surface area contributed by atoms with Gasteiger partial charge in [0.1, 0.15) is 11.7 Å². The molecule has 2 heterocycles. The molecule has 1 unspecified atom stereocenters. The van der Waals surface area contributed by atoms with Crippen molar-refractivity contribution in [2.75, 3.05) is 26.8 Å². The third kappa shape index (κ3) is 3.44. The summed E-state index contributed by atoms with van der Waals surface area (Å²) in [6.07, 6.45) is 3.58. The fourth-order valence-corrected chi connectivity index (χ4v) is 3.35. The Morgan fingerprint density at radius 1 is 1.26 bits per heavy atom. The van der Waals surface area contributed by atoms with Crippen LogP contribution in [0.2, 0.25) is 0 Å². The molecule has 0 radical (unpaired) electrons. The van der Waals surface area contributed by atoms with Crippen LogP contribution in [0, 0.1) is 0 Å². The maximum atomic E-state index is 12.6. The van der Waals surface area contributed by atoms with E-state index >= 15 is 0 Å². The monoisotopic (exact) mass is 319 g/mol. The number of para-hydroxylation sites is 2. The second-order valence-electron chi connectivity index (χ2n) is 6.44. The quantitative estimate of drug-likeness (QED) is 0.856. The summed E-state index contributed by atoms with van der Waals surface area (Å²) in [5, 5.41) is 0. The van der Waals surface area contributed by atoms with Crippen LogP contribution < -0.4 is 9.47 Å². The molecule has 2 saturated heterocycles. The molecule has 0 bridgehead atoms. The van der Waals surface area contributed by atoms with E-state index in [0.717, 1.165) is 50.3 Å². The van der Waals surface area contributed by atoms with Gasteiger partial charge in [-0.2, -0.15) is 0 Å². The summed E-state index contributed by atoms with van der Waals surface area (Å²) in [6, 6.07) is 7.68. The Labute approximate surface area is 137 Å². The van der Waals surface area contributed by atoms with Crippen LogP contribution >= 0.6 is 0 Å². The summed E-state index contributed by atoms with van der Waals surface area (Å²) < 4.78 is 17.1. The van der Waals surface area contributed by atoms with Gasteiger partial charge in [-0.25, -0.2) is 0 Å². The first-order chi connectivity index (χ1) is 11.1. The predicted molar refractivity (Wildman–Crippen MR) is 86.8 cm³/mol. The number of carbonyl (C=O) groups excluding carboxylic acids is 1. The molecule has 23 heavy (non-hydrogen) atoms. The number of amides is 1. The van der Waals surface area contributed by atoms with Gasteiger partial charge in [0, 0.05) is 32.5 Å². The molecular weight excluding hydrogens is 294 g/mol. The number of methoxy groups -OCH3 is 1. The zero-order valence-corrected chi connectivity index (χ0v) is 13.9. The van der Waals surface area contributed by atoms with E-state index in [0.29, 0.717) is 6.61 Å². The maximum Gasteiger partial charge on any atom is 0.254 e. The minimum absolute atomic E-state index is 0.118. The van der Waals surface area contributed by atoms with Gasteiger partial charge in [0.25, 0.3) is 5.91 Å². The molecule has 1 aromatic carbocycles. The van der Waals surface area contributed by atoms with Gasteiger partial charge in [-0.3, -0.25) is 4.79 Å². The highest BCUT2D eigenvalue weighted by molar-refractivity contribution is 5.85. The van der Waals surface area contributed by atoms with Gasteiger partial charge >= 0.3 is 0 Å². The van der Waals surface area contributed by atoms with Crippen LogP contribution in [0.25, 0.3) is 0 Å². The number of carbonyl (C=O) groups is 1. The molecule has 0 spiro atoms. The molecule has 2 aliphatic rings.